The van der Waals surface area contributed by atoms with Crippen LogP contribution in [-0.4, -0.2) is 25.6 Å². The minimum absolute atomic E-state index is 0.0569. The number of hydrogen-bond acceptors (Lipinski definition) is 7. The summed E-state index contributed by atoms with van der Waals surface area (Å²) >= 11 is 1.43. The Kier molecular flexibility index (Phi) is 7.05. The lowest BCUT2D eigenvalue weighted by Crippen LogP contribution is -2.21. The summed E-state index contributed by atoms with van der Waals surface area (Å²) in [7, 11) is 1.56. The fourth-order valence-corrected chi connectivity index (χ4v) is 5.59. The normalized spacial score (nSPS) is 13.3. The highest BCUT2D eigenvalue weighted by Gasteiger charge is 2.27. The molecule has 0 spiro atoms. The van der Waals surface area contributed by atoms with Crippen molar-refractivity contribution >= 4 is 44.9 Å². The van der Waals surface area contributed by atoms with E-state index in [2.05, 4.69) is 5.32 Å². The van der Waals surface area contributed by atoms with Gasteiger partial charge in [0.05, 0.1) is 19.3 Å². The Morgan fingerprint density at radius 3 is 2.65 bits per heavy atom. The average molecular weight is 521 g/mol. The summed E-state index contributed by atoms with van der Waals surface area (Å²) in [5.74, 6) is -0.719. The zero-order chi connectivity index (χ0) is 25.9. The second kappa shape index (κ2) is 10.6. The summed E-state index contributed by atoms with van der Waals surface area (Å²) in [6.07, 6.45) is 3.68. The van der Waals surface area contributed by atoms with Crippen molar-refractivity contribution in [1.29, 1.82) is 0 Å². The molecule has 7 nitrogen and oxygen atoms in total. The molecular formula is C28H25FN2O5S. The molecule has 37 heavy (non-hydrogen) atoms. The van der Waals surface area contributed by atoms with E-state index in [0.717, 1.165) is 36.1 Å². The lowest BCUT2D eigenvalue weighted by molar-refractivity contribution is 0.0526. The third-order valence-corrected chi connectivity index (χ3v) is 7.32. The summed E-state index contributed by atoms with van der Waals surface area (Å²) in [4.78, 5) is 32.1. The summed E-state index contributed by atoms with van der Waals surface area (Å²) in [6.45, 7) is 2.01. The fourth-order valence-electron chi connectivity index (χ4n) is 4.35. The number of amides is 1. The van der Waals surface area contributed by atoms with Crippen LogP contribution in [0.5, 0.6) is 5.75 Å². The van der Waals surface area contributed by atoms with Crippen LogP contribution in [0.3, 0.4) is 0 Å². The minimum atomic E-state index is -0.488. The van der Waals surface area contributed by atoms with Crippen LogP contribution in [0.2, 0.25) is 0 Å². The second-order valence-electron chi connectivity index (χ2n) is 8.55. The molecule has 1 aliphatic carbocycles. The van der Waals surface area contributed by atoms with Gasteiger partial charge in [-0.15, -0.1) is 11.3 Å². The van der Waals surface area contributed by atoms with Crippen LogP contribution in [0.25, 0.3) is 11.0 Å². The van der Waals surface area contributed by atoms with Crippen LogP contribution in [0, 0.1) is 5.82 Å². The Labute approximate surface area is 216 Å². The number of ether oxygens (including phenoxy) is 2. The summed E-state index contributed by atoms with van der Waals surface area (Å²) in [5.41, 5.74) is 2.54. The van der Waals surface area contributed by atoms with E-state index in [-0.39, 0.29) is 17.7 Å². The van der Waals surface area contributed by atoms with Crippen molar-refractivity contribution in [2.45, 2.75) is 32.6 Å². The number of thiophene rings is 1. The van der Waals surface area contributed by atoms with Gasteiger partial charge in [0.15, 0.2) is 0 Å². The Hall–Kier alpha value is -3.98. The van der Waals surface area contributed by atoms with Gasteiger partial charge in [0.1, 0.15) is 27.7 Å². The smallest absolute Gasteiger partial charge is 0.341 e. The average Bonchev–Trinajstić information content (AvgIpc) is 3.27. The zero-order valence-electron chi connectivity index (χ0n) is 20.4. The molecule has 0 fully saturated rings. The molecule has 2 aromatic heterocycles. The quantitative estimate of drug-likeness (QED) is 0.307. The van der Waals surface area contributed by atoms with Gasteiger partial charge >= 0.3 is 5.97 Å². The van der Waals surface area contributed by atoms with Gasteiger partial charge in [-0.2, -0.15) is 0 Å². The molecule has 9 heteroatoms. The molecule has 2 heterocycles. The van der Waals surface area contributed by atoms with E-state index in [1.807, 2.05) is 0 Å². The first kappa shape index (κ1) is 24.7. The molecule has 1 amide bonds. The number of rotatable bonds is 6. The number of nitrogens with one attached hydrogen (secondary N) is 1. The van der Waals surface area contributed by atoms with Crippen molar-refractivity contribution < 1.29 is 27.9 Å². The van der Waals surface area contributed by atoms with E-state index in [9.17, 15) is 14.0 Å². The molecule has 0 atom stereocenters. The Bertz CT molecular complexity index is 1560. The molecule has 0 aliphatic heterocycles. The zero-order valence-corrected chi connectivity index (χ0v) is 21.2. The Balaban J connectivity index is 1.68. The number of hydrogen-bond donors (Lipinski definition) is 1. The number of methoxy groups -OCH3 is 1. The molecule has 0 radical (unpaired) electrons. The van der Waals surface area contributed by atoms with Crippen LogP contribution < -0.4 is 15.6 Å². The molecule has 0 unspecified atom stereocenters. The number of aryl methyl sites for hydroxylation is 1. The number of halogens is 1. The first-order valence-corrected chi connectivity index (χ1v) is 12.8. The first-order chi connectivity index (χ1) is 18.0. The van der Waals surface area contributed by atoms with Gasteiger partial charge < -0.3 is 19.2 Å². The van der Waals surface area contributed by atoms with Crippen molar-refractivity contribution in [1.82, 2.24) is 0 Å². The highest BCUT2D eigenvalue weighted by Crippen LogP contribution is 2.40. The fraction of sp³-hybridized carbons (Fsp3) is 0.250. The number of carbonyl (C=O) groups excluding carboxylic acids is 2. The number of fused-ring (bicyclic) bond motifs is 2. The van der Waals surface area contributed by atoms with Gasteiger partial charge in [0.25, 0.3) is 5.91 Å². The highest BCUT2D eigenvalue weighted by molar-refractivity contribution is 7.16. The maximum absolute atomic E-state index is 13.4. The van der Waals surface area contributed by atoms with Crippen molar-refractivity contribution in [3.63, 3.8) is 0 Å². The van der Waals surface area contributed by atoms with E-state index in [1.54, 1.807) is 38.3 Å². The maximum Gasteiger partial charge on any atom is 0.341 e. The number of anilines is 1. The largest absolute Gasteiger partial charge is 0.497 e. The molecule has 0 saturated carbocycles. The molecule has 5 rings (SSSR count). The van der Waals surface area contributed by atoms with Crippen LogP contribution in [0.15, 0.2) is 57.9 Å². The molecule has 0 bridgehead atoms. The SMILES string of the molecule is CCOC(=O)c1c(/N=c2\oc3ccc(OC)cc3cc2C(=O)Nc2ccc(F)cc2)sc2c1CCCC2. The van der Waals surface area contributed by atoms with Gasteiger partial charge in [0, 0.05) is 16.0 Å². The molecule has 2 aromatic carbocycles. The Morgan fingerprint density at radius 2 is 1.89 bits per heavy atom. The van der Waals surface area contributed by atoms with Crippen molar-refractivity contribution in [2.75, 3.05) is 19.0 Å². The molecule has 190 valence electrons. The summed E-state index contributed by atoms with van der Waals surface area (Å²) in [6, 6.07) is 12.4. The number of carbonyl (C=O) groups is 2. The van der Waals surface area contributed by atoms with Crippen LogP contribution in [0.4, 0.5) is 15.1 Å². The van der Waals surface area contributed by atoms with Crippen molar-refractivity contribution in [2.24, 2.45) is 4.99 Å². The van der Waals surface area contributed by atoms with E-state index < -0.39 is 17.7 Å². The predicted octanol–water partition coefficient (Wildman–Crippen LogP) is 6.18. The van der Waals surface area contributed by atoms with E-state index >= 15 is 0 Å². The predicted molar refractivity (Wildman–Crippen MR) is 139 cm³/mol. The molecular weight excluding hydrogens is 495 g/mol. The lowest BCUT2D eigenvalue weighted by atomic mass is 9.95. The molecule has 1 N–H and O–H groups in total. The standard InChI is InChI=1S/C28H25FN2O5S/c1-3-35-28(33)24-20-6-4-5-7-23(20)37-27(24)31-26-21(25(32)30-18-10-8-17(29)9-11-18)15-16-14-19(34-2)12-13-22(16)36-26/h8-15H,3-7H2,1-2H3,(H,30,32)/b31-26-. The number of nitrogens with zero attached hydrogens (tertiary/aromatic N) is 1. The third-order valence-electron chi connectivity index (χ3n) is 6.14. The molecule has 1 aliphatic rings. The minimum Gasteiger partial charge on any atom is -0.497 e. The highest BCUT2D eigenvalue weighted by atomic mass is 32.1. The van der Waals surface area contributed by atoms with Crippen molar-refractivity contribution in [3.8, 4) is 5.75 Å². The number of esters is 1. The van der Waals surface area contributed by atoms with Crippen LogP contribution in [0.1, 0.15) is 50.9 Å². The van der Waals surface area contributed by atoms with E-state index in [4.69, 9.17) is 18.9 Å². The molecule has 4 aromatic rings. The van der Waals surface area contributed by atoms with Gasteiger partial charge in [-0.1, -0.05) is 0 Å². The molecule has 0 saturated heterocycles. The van der Waals surface area contributed by atoms with Crippen LogP contribution in [-0.2, 0) is 17.6 Å². The van der Waals surface area contributed by atoms with Gasteiger partial charge in [-0.3, -0.25) is 4.79 Å². The Morgan fingerprint density at radius 1 is 1.11 bits per heavy atom. The van der Waals surface area contributed by atoms with E-state index in [0.29, 0.717) is 33.0 Å². The second-order valence-corrected chi connectivity index (χ2v) is 9.64. The summed E-state index contributed by atoms with van der Waals surface area (Å²) < 4.78 is 30.1. The van der Waals surface area contributed by atoms with Gasteiger partial charge in [-0.05, 0) is 86.7 Å². The third kappa shape index (κ3) is 5.13. The number of benzene rings is 2. The maximum atomic E-state index is 13.4. The van der Waals surface area contributed by atoms with Gasteiger partial charge in [-0.25, -0.2) is 14.2 Å². The monoisotopic (exact) mass is 520 g/mol. The van der Waals surface area contributed by atoms with Crippen LogP contribution >= 0.6 is 11.3 Å². The van der Waals surface area contributed by atoms with E-state index in [1.165, 1.54) is 35.6 Å². The lowest BCUT2D eigenvalue weighted by Gasteiger charge is -2.11. The van der Waals surface area contributed by atoms with Crippen molar-refractivity contribution in [3.05, 3.63) is 81.5 Å². The van der Waals surface area contributed by atoms with Gasteiger partial charge in [0.2, 0.25) is 5.55 Å². The summed E-state index contributed by atoms with van der Waals surface area (Å²) in [5, 5.41) is 3.86. The first-order valence-electron chi connectivity index (χ1n) is 12.0. The topological polar surface area (TPSA) is 90.1 Å².